The molecule has 0 saturated heterocycles. The summed E-state index contributed by atoms with van der Waals surface area (Å²) in [5, 5.41) is 2.34. The first-order valence-corrected chi connectivity index (χ1v) is 7.55. The SMILES string of the molecule is Cc1ccccc1CC(C)NC(=O)C(Cl)c1ccccc1. The molecule has 2 rings (SSSR count). The molecule has 0 aromatic heterocycles. The summed E-state index contributed by atoms with van der Waals surface area (Å²) in [6.45, 7) is 4.08. The van der Waals surface area contributed by atoms with E-state index in [0.29, 0.717) is 0 Å². The summed E-state index contributed by atoms with van der Waals surface area (Å²) < 4.78 is 0. The van der Waals surface area contributed by atoms with E-state index in [4.69, 9.17) is 11.6 Å². The Balaban J connectivity index is 1.95. The number of amides is 1. The highest BCUT2D eigenvalue weighted by molar-refractivity contribution is 6.30. The second-order valence-electron chi connectivity index (χ2n) is 5.31. The van der Waals surface area contributed by atoms with Gasteiger partial charge in [-0.1, -0.05) is 54.6 Å². The van der Waals surface area contributed by atoms with Gasteiger partial charge in [-0.25, -0.2) is 0 Å². The molecule has 0 aliphatic carbocycles. The first kappa shape index (κ1) is 15.6. The van der Waals surface area contributed by atoms with E-state index in [-0.39, 0.29) is 11.9 Å². The monoisotopic (exact) mass is 301 g/mol. The average molecular weight is 302 g/mol. The fraction of sp³-hybridized carbons (Fsp3) is 0.278. The molecule has 3 heteroatoms. The van der Waals surface area contributed by atoms with Crippen molar-refractivity contribution in [1.82, 2.24) is 5.32 Å². The van der Waals surface area contributed by atoms with Crippen LogP contribution in [0.2, 0.25) is 0 Å². The van der Waals surface area contributed by atoms with Crippen molar-refractivity contribution >= 4 is 17.5 Å². The van der Waals surface area contributed by atoms with Crippen molar-refractivity contribution < 1.29 is 4.79 Å². The molecule has 2 aromatic rings. The molecule has 0 fully saturated rings. The Morgan fingerprint density at radius 1 is 1.10 bits per heavy atom. The number of hydrogen-bond donors (Lipinski definition) is 1. The third-order valence-electron chi connectivity index (χ3n) is 3.50. The lowest BCUT2D eigenvalue weighted by atomic mass is 10.0. The number of halogens is 1. The molecule has 2 atom stereocenters. The van der Waals surface area contributed by atoms with Crippen LogP contribution in [-0.4, -0.2) is 11.9 Å². The molecule has 1 N–H and O–H groups in total. The highest BCUT2D eigenvalue weighted by Crippen LogP contribution is 2.20. The molecule has 0 aliphatic rings. The zero-order valence-corrected chi connectivity index (χ0v) is 13.1. The van der Waals surface area contributed by atoms with Gasteiger partial charge in [0.05, 0.1) is 0 Å². The molecule has 0 radical (unpaired) electrons. The van der Waals surface area contributed by atoms with Crippen LogP contribution in [0.5, 0.6) is 0 Å². The van der Waals surface area contributed by atoms with Crippen molar-refractivity contribution in [3.05, 3.63) is 71.3 Å². The molecule has 110 valence electrons. The standard InChI is InChI=1S/C18H20ClNO/c1-13-8-6-7-11-16(13)12-14(2)20-18(21)17(19)15-9-4-3-5-10-15/h3-11,14,17H,12H2,1-2H3,(H,20,21). The molecule has 2 nitrogen and oxygen atoms in total. The molecule has 0 bridgehead atoms. The van der Waals surface area contributed by atoms with Crippen LogP contribution < -0.4 is 5.32 Å². The predicted molar refractivity (Wildman–Crippen MR) is 87.5 cm³/mol. The molecular formula is C18H20ClNO. The quantitative estimate of drug-likeness (QED) is 0.830. The van der Waals surface area contributed by atoms with E-state index < -0.39 is 5.38 Å². The van der Waals surface area contributed by atoms with Gasteiger partial charge in [-0.05, 0) is 37.0 Å². The number of alkyl halides is 1. The van der Waals surface area contributed by atoms with Crippen LogP contribution in [-0.2, 0) is 11.2 Å². The van der Waals surface area contributed by atoms with Crippen molar-refractivity contribution in [3.8, 4) is 0 Å². The van der Waals surface area contributed by atoms with Crippen LogP contribution in [0.25, 0.3) is 0 Å². The summed E-state index contributed by atoms with van der Waals surface area (Å²) in [4.78, 5) is 12.2. The van der Waals surface area contributed by atoms with E-state index >= 15 is 0 Å². The second-order valence-corrected chi connectivity index (χ2v) is 5.75. The Hall–Kier alpha value is -1.80. The van der Waals surface area contributed by atoms with Gasteiger partial charge in [0.2, 0.25) is 5.91 Å². The molecule has 0 heterocycles. The number of nitrogens with one attached hydrogen (secondary N) is 1. The number of rotatable bonds is 5. The Bertz CT molecular complexity index is 597. The Kier molecular flexibility index (Phi) is 5.40. The lowest BCUT2D eigenvalue weighted by Gasteiger charge is -2.17. The maximum atomic E-state index is 12.2. The third kappa shape index (κ3) is 4.33. The number of benzene rings is 2. The van der Waals surface area contributed by atoms with Gasteiger partial charge in [0.1, 0.15) is 5.38 Å². The maximum Gasteiger partial charge on any atom is 0.242 e. The summed E-state index contributed by atoms with van der Waals surface area (Å²) >= 11 is 6.22. The highest BCUT2D eigenvalue weighted by atomic mass is 35.5. The van der Waals surface area contributed by atoms with Crippen molar-refractivity contribution in [2.24, 2.45) is 0 Å². The molecule has 2 unspecified atom stereocenters. The summed E-state index contributed by atoms with van der Waals surface area (Å²) in [5.74, 6) is -0.149. The molecule has 0 aliphatic heterocycles. The van der Waals surface area contributed by atoms with E-state index in [0.717, 1.165) is 12.0 Å². The number of aryl methyl sites for hydroxylation is 1. The van der Waals surface area contributed by atoms with Gasteiger partial charge in [0, 0.05) is 6.04 Å². The van der Waals surface area contributed by atoms with Gasteiger partial charge >= 0.3 is 0 Å². The number of hydrogen-bond acceptors (Lipinski definition) is 1. The highest BCUT2D eigenvalue weighted by Gasteiger charge is 2.19. The van der Waals surface area contributed by atoms with Crippen molar-refractivity contribution in [3.63, 3.8) is 0 Å². The van der Waals surface area contributed by atoms with Crippen LogP contribution in [0, 0.1) is 6.92 Å². The Labute approximate surface area is 131 Å². The van der Waals surface area contributed by atoms with E-state index in [9.17, 15) is 4.79 Å². The minimum atomic E-state index is -0.648. The normalized spacial score (nSPS) is 13.5. The van der Waals surface area contributed by atoms with Crippen molar-refractivity contribution in [2.45, 2.75) is 31.7 Å². The van der Waals surface area contributed by atoms with Gasteiger partial charge < -0.3 is 5.32 Å². The van der Waals surface area contributed by atoms with Gasteiger partial charge in [0.15, 0.2) is 0 Å². The molecule has 0 spiro atoms. The summed E-state index contributed by atoms with van der Waals surface area (Å²) in [5.41, 5.74) is 3.31. The van der Waals surface area contributed by atoms with Crippen LogP contribution in [0.1, 0.15) is 29.0 Å². The second kappa shape index (κ2) is 7.28. The summed E-state index contributed by atoms with van der Waals surface area (Å²) in [6, 6.07) is 17.7. The van der Waals surface area contributed by atoms with Crippen molar-refractivity contribution in [1.29, 1.82) is 0 Å². The first-order valence-electron chi connectivity index (χ1n) is 7.12. The molecular weight excluding hydrogens is 282 g/mol. The van der Waals surface area contributed by atoms with E-state index in [2.05, 4.69) is 24.4 Å². The smallest absolute Gasteiger partial charge is 0.242 e. The fourth-order valence-electron chi connectivity index (χ4n) is 2.31. The lowest BCUT2D eigenvalue weighted by Crippen LogP contribution is -2.36. The topological polar surface area (TPSA) is 29.1 Å². The molecule has 0 saturated carbocycles. The van der Waals surface area contributed by atoms with E-state index in [1.807, 2.05) is 49.4 Å². The number of carbonyl (C=O) groups is 1. The largest absolute Gasteiger partial charge is 0.352 e. The van der Waals surface area contributed by atoms with Gasteiger partial charge in [-0.2, -0.15) is 0 Å². The minimum Gasteiger partial charge on any atom is -0.352 e. The third-order valence-corrected chi connectivity index (χ3v) is 3.95. The number of carbonyl (C=O) groups excluding carboxylic acids is 1. The fourth-order valence-corrected chi connectivity index (χ4v) is 2.52. The zero-order chi connectivity index (χ0) is 15.2. The first-order chi connectivity index (χ1) is 10.1. The van der Waals surface area contributed by atoms with Crippen LogP contribution in [0.15, 0.2) is 54.6 Å². The summed E-state index contributed by atoms with van der Waals surface area (Å²) in [7, 11) is 0. The van der Waals surface area contributed by atoms with Gasteiger partial charge in [-0.15, -0.1) is 11.6 Å². The molecule has 21 heavy (non-hydrogen) atoms. The average Bonchev–Trinajstić information content (AvgIpc) is 2.49. The van der Waals surface area contributed by atoms with E-state index in [1.54, 1.807) is 0 Å². The zero-order valence-electron chi connectivity index (χ0n) is 12.3. The van der Waals surface area contributed by atoms with Crippen LogP contribution in [0.3, 0.4) is 0 Å². The van der Waals surface area contributed by atoms with E-state index in [1.165, 1.54) is 11.1 Å². The van der Waals surface area contributed by atoms with Crippen molar-refractivity contribution in [2.75, 3.05) is 0 Å². The molecule has 1 amide bonds. The van der Waals surface area contributed by atoms with Gasteiger partial charge in [-0.3, -0.25) is 4.79 Å². The Morgan fingerprint density at radius 3 is 2.38 bits per heavy atom. The minimum absolute atomic E-state index is 0.0450. The van der Waals surface area contributed by atoms with Crippen LogP contribution in [0.4, 0.5) is 0 Å². The lowest BCUT2D eigenvalue weighted by molar-refractivity contribution is -0.121. The molecule has 2 aromatic carbocycles. The van der Waals surface area contributed by atoms with Crippen LogP contribution >= 0.6 is 11.6 Å². The predicted octanol–water partition coefficient (Wildman–Crippen LogP) is 4.02. The Morgan fingerprint density at radius 2 is 1.71 bits per heavy atom. The summed E-state index contributed by atoms with van der Waals surface area (Å²) in [6.07, 6.45) is 0.802. The maximum absolute atomic E-state index is 12.2. The van der Waals surface area contributed by atoms with Gasteiger partial charge in [0.25, 0.3) is 0 Å².